The van der Waals surface area contributed by atoms with E-state index in [9.17, 15) is 0 Å². The van der Waals surface area contributed by atoms with Gasteiger partial charge in [-0.15, -0.1) is 0 Å². The first-order valence-electron chi connectivity index (χ1n) is 23.5. The van der Waals surface area contributed by atoms with E-state index in [-0.39, 0.29) is 37.2 Å². The van der Waals surface area contributed by atoms with Crippen molar-refractivity contribution in [2.75, 3.05) is 13.2 Å². The summed E-state index contributed by atoms with van der Waals surface area (Å²) in [4.78, 5) is 0. The quantitative estimate of drug-likeness (QED) is 0.0567. The van der Waals surface area contributed by atoms with Crippen molar-refractivity contribution in [2.45, 2.75) is 155 Å². The zero-order chi connectivity index (χ0) is 41.4. The predicted molar refractivity (Wildman–Crippen MR) is 238 cm³/mol. The molecule has 5 heteroatoms. The fourth-order valence-corrected chi connectivity index (χ4v) is 9.92. The molecule has 0 N–H and O–H groups in total. The Hall–Kier alpha value is -3.44. The van der Waals surface area contributed by atoms with Crippen LogP contribution >= 0.6 is 0 Å². The number of unbranched alkanes of at least 4 members (excludes halogenated alkanes) is 4. The van der Waals surface area contributed by atoms with Crippen LogP contribution in [0.25, 0.3) is 22.3 Å². The van der Waals surface area contributed by atoms with Crippen molar-refractivity contribution in [3.05, 3.63) is 118 Å². The van der Waals surface area contributed by atoms with Gasteiger partial charge in [-0.25, -0.2) is 17.6 Å². The van der Waals surface area contributed by atoms with Gasteiger partial charge in [-0.05, 0) is 107 Å². The maximum atomic E-state index is 15.2. The minimum absolute atomic E-state index is 0.0255. The number of ether oxygens (including phenoxy) is 1. The summed E-state index contributed by atoms with van der Waals surface area (Å²) < 4.78 is 66.3. The molecule has 2 saturated carbocycles. The fourth-order valence-electron chi connectivity index (χ4n) is 9.92. The monoisotopic (exact) mass is 811 g/mol. The van der Waals surface area contributed by atoms with Gasteiger partial charge in [0.2, 0.25) is 0 Å². The van der Waals surface area contributed by atoms with Gasteiger partial charge < -0.3 is 4.74 Å². The summed E-state index contributed by atoms with van der Waals surface area (Å²) >= 11 is 0. The Kier molecular flexibility index (Phi) is 18.0. The van der Waals surface area contributed by atoms with Crippen LogP contribution in [-0.4, -0.2) is 13.2 Å². The van der Waals surface area contributed by atoms with Crippen molar-refractivity contribution >= 4 is 0 Å². The molecule has 0 amide bonds. The Morgan fingerprint density at radius 2 is 0.729 bits per heavy atom. The molecule has 0 aromatic heterocycles. The molecule has 0 saturated heterocycles. The van der Waals surface area contributed by atoms with E-state index in [1.165, 1.54) is 151 Å². The zero-order valence-electron chi connectivity index (χ0n) is 36.1. The van der Waals surface area contributed by atoms with Crippen molar-refractivity contribution in [3.8, 4) is 22.3 Å². The maximum absolute atomic E-state index is 15.2. The molecule has 0 aliphatic heterocycles. The second-order valence-electron chi connectivity index (χ2n) is 18.2. The highest BCUT2D eigenvalue weighted by Crippen LogP contribution is 2.36. The van der Waals surface area contributed by atoms with E-state index in [0.717, 1.165) is 47.6 Å². The molecule has 4 aromatic carbocycles. The molecule has 1 nitrogen and oxygen atoms in total. The van der Waals surface area contributed by atoms with Gasteiger partial charge in [0, 0.05) is 24.0 Å². The van der Waals surface area contributed by atoms with Gasteiger partial charge >= 0.3 is 0 Å². The smallest absolute Gasteiger partial charge is 0.130 e. The van der Waals surface area contributed by atoms with Crippen molar-refractivity contribution < 1.29 is 22.3 Å². The lowest BCUT2D eigenvalue weighted by molar-refractivity contribution is 0.138. The van der Waals surface area contributed by atoms with Gasteiger partial charge in [0.1, 0.15) is 23.3 Å². The molecule has 6 rings (SSSR count). The topological polar surface area (TPSA) is 9.23 Å². The summed E-state index contributed by atoms with van der Waals surface area (Å²) in [7, 11) is 0. The molecule has 0 radical (unpaired) electrons. The Morgan fingerprint density at radius 3 is 1.05 bits per heavy atom. The third kappa shape index (κ3) is 13.8. The first-order chi connectivity index (χ1) is 28.8. The minimum Gasteiger partial charge on any atom is -0.381 e. The Labute approximate surface area is 353 Å². The highest BCUT2D eigenvalue weighted by molar-refractivity contribution is 5.65. The molecule has 0 bridgehead atoms. The van der Waals surface area contributed by atoms with E-state index < -0.39 is 23.3 Å². The summed E-state index contributed by atoms with van der Waals surface area (Å²) in [5.41, 5.74) is 5.01. The first kappa shape index (κ1) is 45.1. The van der Waals surface area contributed by atoms with Crippen LogP contribution < -0.4 is 0 Å². The molecule has 320 valence electrons. The van der Waals surface area contributed by atoms with Crippen molar-refractivity contribution in [3.63, 3.8) is 0 Å². The van der Waals surface area contributed by atoms with Gasteiger partial charge in [0.15, 0.2) is 0 Å². The van der Waals surface area contributed by atoms with E-state index >= 15 is 17.6 Å². The standard InChI is InChI=1S/C54H70F4O/c1-3-5-7-9-39-11-15-41(16-12-39)19-21-43-23-27-45(28-24-43)47-35-51(55)49(52(56)36-47)31-33-59-34-32-50-53(57)37-48(38-54(50)58)46-29-25-44(26-30-46)22-20-42-17-13-40(14-18-42)10-8-6-4-2/h23-30,35-42H,3-22,31-34H2,1-2H3. The molecule has 2 fully saturated rings. The first-order valence-corrected chi connectivity index (χ1v) is 23.5. The normalized spacial score (nSPS) is 19.6. The minimum atomic E-state index is -0.617. The van der Waals surface area contributed by atoms with Crippen LogP contribution in [0.15, 0.2) is 72.8 Å². The second-order valence-corrected chi connectivity index (χ2v) is 18.2. The molecule has 0 atom stereocenters. The van der Waals surface area contributed by atoms with E-state index in [1.54, 1.807) is 0 Å². The Morgan fingerprint density at radius 1 is 0.407 bits per heavy atom. The molecule has 2 aliphatic rings. The van der Waals surface area contributed by atoms with E-state index in [0.29, 0.717) is 11.1 Å². The summed E-state index contributed by atoms with van der Waals surface area (Å²) in [6.45, 7) is 4.62. The van der Waals surface area contributed by atoms with Crippen LogP contribution in [0.1, 0.15) is 152 Å². The number of rotatable bonds is 22. The Balaban J connectivity index is 0.904. The maximum Gasteiger partial charge on any atom is 0.130 e. The lowest BCUT2D eigenvalue weighted by Gasteiger charge is -2.28. The van der Waals surface area contributed by atoms with Crippen LogP contribution in [-0.2, 0) is 30.4 Å². The highest BCUT2D eigenvalue weighted by Gasteiger charge is 2.22. The zero-order valence-corrected chi connectivity index (χ0v) is 36.1. The largest absolute Gasteiger partial charge is 0.381 e. The average Bonchev–Trinajstić information content (AvgIpc) is 3.25. The molecule has 0 unspecified atom stereocenters. The van der Waals surface area contributed by atoms with Crippen LogP contribution in [0.2, 0.25) is 0 Å². The van der Waals surface area contributed by atoms with Gasteiger partial charge in [-0.2, -0.15) is 0 Å². The lowest BCUT2D eigenvalue weighted by Crippen LogP contribution is -2.15. The summed E-state index contributed by atoms with van der Waals surface area (Å²) in [6.07, 6.45) is 26.2. The van der Waals surface area contributed by atoms with E-state index in [2.05, 4.69) is 38.1 Å². The van der Waals surface area contributed by atoms with Crippen molar-refractivity contribution in [1.29, 1.82) is 0 Å². The van der Waals surface area contributed by atoms with Gasteiger partial charge in [0.05, 0.1) is 13.2 Å². The Bertz CT molecular complexity index is 1650. The van der Waals surface area contributed by atoms with Gasteiger partial charge in [-0.3, -0.25) is 0 Å². The average molecular weight is 811 g/mol. The predicted octanol–water partition coefficient (Wildman–Crippen LogP) is 16.0. The molecule has 0 heterocycles. The number of halogens is 4. The lowest BCUT2D eigenvalue weighted by atomic mass is 9.78. The summed E-state index contributed by atoms with van der Waals surface area (Å²) in [6, 6.07) is 21.7. The van der Waals surface area contributed by atoms with Crippen molar-refractivity contribution in [2.24, 2.45) is 23.7 Å². The highest BCUT2D eigenvalue weighted by atomic mass is 19.1. The number of aryl methyl sites for hydroxylation is 2. The third-order valence-corrected chi connectivity index (χ3v) is 13.9. The van der Waals surface area contributed by atoms with E-state index in [1.807, 2.05) is 24.3 Å². The number of hydrogen-bond acceptors (Lipinski definition) is 1. The van der Waals surface area contributed by atoms with Crippen LogP contribution in [0.4, 0.5) is 17.6 Å². The van der Waals surface area contributed by atoms with Crippen LogP contribution in [0.5, 0.6) is 0 Å². The SMILES string of the molecule is CCCCCC1CCC(CCc2ccc(-c3cc(F)c(CCOCCc4c(F)cc(-c5ccc(CCC6CCC(CCCCC)CC6)cc5)cc4F)c(F)c3)cc2)CC1. The summed E-state index contributed by atoms with van der Waals surface area (Å²) in [5, 5.41) is 0. The summed E-state index contributed by atoms with van der Waals surface area (Å²) in [5.74, 6) is 0.978. The molecular formula is C54H70F4O. The molecule has 2 aliphatic carbocycles. The second kappa shape index (κ2) is 23.5. The van der Waals surface area contributed by atoms with Gasteiger partial charge in [0.25, 0.3) is 0 Å². The fraction of sp³-hybridized carbons (Fsp3) is 0.556. The van der Waals surface area contributed by atoms with E-state index in [4.69, 9.17) is 4.74 Å². The molecule has 4 aromatic rings. The van der Waals surface area contributed by atoms with Gasteiger partial charge in [-0.1, -0.05) is 165 Å². The third-order valence-electron chi connectivity index (χ3n) is 13.9. The molecule has 0 spiro atoms. The molecular weight excluding hydrogens is 741 g/mol. The number of hydrogen-bond donors (Lipinski definition) is 0. The number of benzene rings is 4. The van der Waals surface area contributed by atoms with Crippen LogP contribution in [0.3, 0.4) is 0 Å². The van der Waals surface area contributed by atoms with Crippen LogP contribution in [0, 0.1) is 46.9 Å². The van der Waals surface area contributed by atoms with Crippen molar-refractivity contribution in [1.82, 2.24) is 0 Å². The molecule has 59 heavy (non-hydrogen) atoms.